The first-order chi connectivity index (χ1) is 13.8. The number of oxime groups is 1. The monoisotopic (exact) mass is 429 g/mol. The van der Waals surface area contributed by atoms with Gasteiger partial charge in [0.25, 0.3) is 0 Å². The molecule has 7 nitrogen and oxygen atoms in total. The summed E-state index contributed by atoms with van der Waals surface area (Å²) >= 11 is 0. The molecule has 0 spiro atoms. The van der Waals surface area contributed by atoms with Crippen molar-refractivity contribution < 1.29 is 29.3 Å². The second kappa shape index (κ2) is 10.9. The molecule has 1 unspecified atom stereocenters. The van der Waals surface area contributed by atoms with Crippen molar-refractivity contribution >= 4 is 11.7 Å². The second-order valence-corrected chi connectivity index (χ2v) is 9.70. The Labute approximate surface area is 182 Å². The largest absolute Gasteiger partial charge is 0.459 e. The van der Waals surface area contributed by atoms with E-state index in [0.717, 1.165) is 6.42 Å². The molecule has 1 saturated heterocycles. The molecular weight excluding hydrogens is 386 g/mol. The van der Waals surface area contributed by atoms with Crippen molar-refractivity contribution in [2.45, 2.75) is 97.6 Å². The highest BCUT2D eigenvalue weighted by Gasteiger charge is 2.46. The minimum atomic E-state index is -1.64. The van der Waals surface area contributed by atoms with Crippen LogP contribution in [0.15, 0.2) is 5.16 Å². The fourth-order valence-electron chi connectivity index (χ4n) is 4.98. The Morgan fingerprint density at radius 2 is 1.73 bits per heavy atom. The number of hydrogen-bond donors (Lipinski definition) is 2. The number of carbonyl (C=O) groups is 1. The zero-order valence-corrected chi connectivity index (χ0v) is 20.3. The SMILES string of the molecule is CC[C@H]1OC(=O)[C@H](C)C[C@H](C)C[C@](C)(OC)C[C@@H](C)/C(=N/OC)[C@H](C)C(O)[C@]1(C)O. The van der Waals surface area contributed by atoms with Crippen molar-refractivity contribution in [2.24, 2.45) is 28.8 Å². The molecule has 176 valence electrons. The van der Waals surface area contributed by atoms with E-state index in [1.54, 1.807) is 7.11 Å². The Morgan fingerprint density at radius 3 is 2.23 bits per heavy atom. The summed E-state index contributed by atoms with van der Waals surface area (Å²) in [6.07, 6.45) is 0.466. The molecule has 0 aliphatic carbocycles. The van der Waals surface area contributed by atoms with Crippen LogP contribution in [0.5, 0.6) is 0 Å². The van der Waals surface area contributed by atoms with Crippen LogP contribution in [0.25, 0.3) is 0 Å². The molecule has 1 aliphatic rings. The normalized spacial score (nSPS) is 43.7. The van der Waals surface area contributed by atoms with Gasteiger partial charge in [-0.15, -0.1) is 0 Å². The Morgan fingerprint density at radius 1 is 1.13 bits per heavy atom. The molecule has 0 aromatic rings. The lowest BCUT2D eigenvalue weighted by molar-refractivity contribution is -0.186. The van der Waals surface area contributed by atoms with Gasteiger partial charge in [-0.3, -0.25) is 4.79 Å². The maximum atomic E-state index is 12.7. The highest BCUT2D eigenvalue weighted by molar-refractivity contribution is 5.88. The van der Waals surface area contributed by atoms with Gasteiger partial charge in [0.05, 0.1) is 23.3 Å². The third kappa shape index (κ3) is 6.41. The van der Waals surface area contributed by atoms with Crippen LogP contribution in [-0.2, 0) is 19.1 Å². The van der Waals surface area contributed by atoms with Crippen LogP contribution in [0, 0.1) is 23.7 Å². The molecule has 0 radical (unpaired) electrons. The van der Waals surface area contributed by atoms with Crippen LogP contribution in [0.4, 0.5) is 0 Å². The molecule has 8 atom stereocenters. The quantitative estimate of drug-likeness (QED) is 0.526. The minimum absolute atomic E-state index is 0.0504. The zero-order valence-electron chi connectivity index (χ0n) is 20.3. The smallest absolute Gasteiger partial charge is 0.309 e. The number of ether oxygens (including phenoxy) is 2. The van der Waals surface area contributed by atoms with Gasteiger partial charge in [0.2, 0.25) is 0 Å². The summed E-state index contributed by atoms with van der Waals surface area (Å²) < 4.78 is 11.6. The molecule has 0 amide bonds. The van der Waals surface area contributed by atoms with Crippen LogP contribution in [0.1, 0.15) is 74.1 Å². The molecule has 7 heteroatoms. The lowest BCUT2D eigenvalue weighted by Gasteiger charge is -2.41. The topological polar surface area (TPSA) is 97.6 Å². The second-order valence-electron chi connectivity index (χ2n) is 9.70. The van der Waals surface area contributed by atoms with Gasteiger partial charge >= 0.3 is 5.97 Å². The zero-order chi connectivity index (χ0) is 23.3. The predicted molar refractivity (Wildman–Crippen MR) is 117 cm³/mol. The molecule has 0 aromatic heterocycles. The van der Waals surface area contributed by atoms with Crippen molar-refractivity contribution in [1.29, 1.82) is 0 Å². The van der Waals surface area contributed by atoms with Crippen LogP contribution in [0.2, 0.25) is 0 Å². The summed E-state index contributed by atoms with van der Waals surface area (Å²) in [7, 11) is 3.17. The van der Waals surface area contributed by atoms with E-state index >= 15 is 0 Å². The van der Waals surface area contributed by atoms with E-state index in [2.05, 4.69) is 19.0 Å². The van der Waals surface area contributed by atoms with Crippen molar-refractivity contribution in [3.8, 4) is 0 Å². The van der Waals surface area contributed by atoms with Gasteiger partial charge in [0.15, 0.2) is 0 Å². The molecule has 1 heterocycles. The third-order valence-corrected chi connectivity index (χ3v) is 6.69. The Hall–Kier alpha value is -1.18. The fraction of sp³-hybridized carbons (Fsp3) is 0.913. The van der Waals surface area contributed by atoms with E-state index in [4.69, 9.17) is 14.3 Å². The van der Waals surface area contributed by atoms with Gasteiger partial charge in [-0.25, -0.2) is 0 Å². The van der Waals surface area contributed by atoms with E-state index < -0.39 is 29.3 Å². The number of carbonyl (C=O) groups excluding carboxylic acids is 1. The number of cyclic esters (lactones) is 1. The summed E-state index contributed by atoms with van der Waals surface area (Å²) in [5.41, 5.74) is -1.43. The number of rotatable bonds is 3. The first-order valence-electron chi connectivity index (χ1n) is 11.1. The Bertz CT molecular complexity index is 592. The number of aliphatic hydroxyl groups excluding tert-OH is 1. The molecule has 1 fully saturated rings. The summed E-state index contributed by atoms with van der Waals surface area (Å²) in [5, 5.41) is 26.5. The maximum Gasteiger partial charge on any atom is 0.309 e. The molecule has 1 aliphatic heterocycles. The van der Waals surface area contributed by atoms with Gasteiger partial charge < -0.3 is 24.5 Å². The first-order valence-corrected chi connectivity index (χ1v) is 11.1. The number of aliphatic hydroxyl groups is 2. The Kier molecular flexibility index (Phi) is 9.77. The molecular formula is C23H43NO6. The van der Waals surface area contributed by atoms with Gasteiger partial charge in [-0.1, -0.05) is 39.8 Å². The first kappa shape index (κ1) is 26.9. The van der Waals surface area contributed by atoms with Crippen molar-refractivity contribution in [3.63, 3.8) is 0 Å². The van der Waals surface area contributed by atoms with E-state index in [1.165, 1.54) is 14.0 Å². The number of hydrogen-bond acceptors (Lipinski definition) is 7. The van der Waals surface area contributed by atoms with Crippen LogP contribution < -0.4 is 0 Å². The van der Waals surface area contributed by atoms with E-state index in [-0.39, 0.29) is 23.7 Å². The summed E-state index contributed by atoms with van der Waals surface area (Å²) in [5.74, 6) is -0.998. The Balaban J connectivity index is 3.43. The van der Waals surface area contributed by atoms with Gasteiger partial charge in [0, 0.05) is 18.9 Å². The molecule has 1 rings (SSSR count). The molecule has 0 saturated carbocycles. The van der Waals surface area contributed by atoms with Crippen molar-refractivity contribution in [1.82, 2.24) is 0 Å². The summed E-state index contributed by atoms with van der Waals surface area (Å²) in [6, 6.07) is 0. The number of esters is 1. The third-order valence-electron chi connectivity index (χ3n) is 6.69. The van der Waals surface area contributed by atoms with Crippen molar-refractivity contribution in [2.75, 3.05) is 14.2 Å². The predicted octanol–water partition coefficient (Wildman–Crippen LogP) is 3.56. The fourth-order valence-corrected chi connectivity index (χ4v) is 4.98. The van der Waals surface area contributed by atoms with Crippen molar-refractivity contribution in [3.05, 3.63) is 0 Å². The van der Waals surface area contributed by atoms with Gasteiger partial charge in [-0.05, 0) is 45.4 Å². The summed E-state index contributed by atoms with van der Waals surface area (Å²) in [6.45, 7) is 13.2. The number of nitrogens with zero attached hydrogens (tertiary/aromatic N) is 1. The average Bonchev–Trinajstić information content (AvgIpc) is 2.67. The lowest BCUT2D eigenvalue weighted by atomic mass is 9.75. The van der Waals surface area contributed by atoms with Crippen LogP contribution in [-0.4, -0.2) is 59.5 Å². The standard InChI is InChI=1S/C23H43NO6/c1-10-18-23(7,27)20(25)17(5)19(24-29-9)16(4)13-22(6,28-8)12-14(2)11-15(3)21(26)30-18/h14-18,20,25,27H,10-13H2,1-9H3/b24-19-/t14-,15+,16+,17-,18+,20?,22-,23+/m0/s1. The minimum Gasteiger partial charge on any atom is -0.459 e. The van der Waals surface area contributed by atoms with Crippen LogP contribution in [0.3, 0.4) is 0 Å². The lowest BCUT2D eigenvalue weighted by Crippen LogP contribution is -2.56. The molecule has 2 N–H and O–H groups in total. The highest BCUT2D eigenvalue weighted by atomic mass is 16.6. The molecule has 30 heavy (non-hydrogen) atoms. The highest BCUT2D eigenvalue weighted by Crippen LogP contribution is 2.35. The molecule has 0 aromatic carbocycles. The molecule has 0 bridgehead atoms. The van der Waals surface area contributed by atoms with E-state index in [1.807, 2.05) is 27.7 Å². The van der Waals surface area contributed by atoms with E-state index in [9.17, 15) is 15.0 Å². The van der Waals surface area contributed by atoms with Gasteiger partial charge in [-0.2, -0.15) is 0 Å². The summed E-state index contributed by atoms with van der Waals surface area (Å²) in [4.78, 5) is 17.8. The average molecular weight is 430 g/mol. The van der Waals surface area contributed by atoms with Gasteiger partial charge in [0.1, 0.15) is 18.8 Å². The van der Waals surface area contributed by atoms with Crippen LogP contribution >= 0.6 is 0 Å². The number of methoxy groups -OCH3 is 1. The van der Waals surface area contributed by atoms with E-state index in [0.29, 0.717) is 25.0 Å². The maximum absolute atomic E-state index is 12.7.